The summed E-state index contributed by atoms with van der Waals surface area (Å²) in [6.45, 7) is 1.11. The second kappa shape index (κ2) is 6.37. The second-order valence-corrected chi connectivity index (χ2v) is 5.71. The first-order chi connectivity index (χ1) is 11.5. The first-order valence-corrected chi connectivity index (χ1v) is 7.66. The van der Waals surface area contributed by atoms with Gasteiger partial charge in [-0.2, -0.15) is 0 Å². The van der Waals surface area contributed by atoms with E-state index in [2.05, 4.69) is 4.98 Å². The number of carbonyl (C=O) groups is 1. The summed E-state index contributed by atoms with van der Waals surface area (Å²) in [5, 5.41) is 0.543. The summed E-state index contributed by atoms with van der Waals surface area (Å²) in [6.07, 6.45) is 0. The number of aromatic nitrogens is 1. The average molecular weight is 323 g/mol. The van der Waals surface area contributed by atoms with Gasteiger partial charge >= 0.3 is 0 Å². The van der Waals surface area contributed by atoms with Gasteiger partial charge in [-0.1, -0.05) is 48.5 Å². The number of nitrogens with two attached hydrogens (primary N) is 2. The molecular formula is C19H18FN3O. The number of rotatable bonds is 4. The van der Waals surface area contributed by atoms with Crippen LogP contribution < -0.4 is 11.5 Å². The molecule has 1 aromatic heterocycles. The lowest BCUT2D eigenvalue weighted by Crippen LogP contribution is -2.18. The number of alkyl halides is 1. The normalized spacial score (nSPS) is 12.3. The van der Waals surface area contributed by atoms with E-state index < -0.39 is 18.6 Å². The van der Waals surface area contributed by atoms with Crippen LogP contribution in [-0.2, 0) is 6.67 Å². The SMILES string of the molecule is CC(N)c1nc2c(CF)cccc2c(C(N)=O)c1-c1ccccc1. The van der Waals surface area contributed by atoms with Crippen molar-refractivity contribution in [1.29, 1.82) is 0 Å². The van der Waals surface area contributed by atoms with Gasteiger partial charge in [-0.3, -0.25) is 9.78 Å². The Bertz CT molecular complexity index is 907. The zero-order valence-corrected chi connectivity index (χ0v) is 13.3. The zero-order chi connectivity index (χ0) is 17.3. The molecular weight excluding hydrogens is 305 g/mol. The quantitative estimate of drug-likeness (QED) is 0.771. The molecule has 0 fully saturated rings. The molecule has 24 heavy (non-hydrogen) atoms. The molecule has 4 N–H and O–H groups in total. The molecule has 4 nitrogen and oxygen atoms in total. The highest BCUT2D eigenvalue weighted by Gasteiger charge is 2.23. The average Bonchev–Trinajstić information content (AvgIpc) is 2.59. The minimum atomic E-state index is -0.675. The molecule has 2 aromatic carbocycles. The minimum Gasteiger partial charge on any atom is -0.366 e. The van der Waals surface area contributed by atoms with Crippen molar-refractivity contribution in [1.82, 2.24) is 4.98 Å². The largest absolute Gasteiger partial charge is 0.366 e. The Hall–Kier alpha value is -2.79. The van der Waals surface area contributed by atoms with Crippen LogP contribution in [0.3, 0.4) is 0 Å². The van der Waals surface area contributed by atoms with Crippen LogP contribution >= 0.6 is 0 Å². The van der Waals surface area contributed by atoms with E-state index in [4.69, 9.17) is 11.5 Å². The number of para-hydroxylation sites is 1. The number of hydrogen-bond acceptors (Lipinski definition) is 3. The number of pyridine rings is 1. The molecule has 122 valence electrons. The van der Waals surface area contributed by atoms with Crippen molar-refractivity contribution in [2.75, 3.05) is 0 Å². The van der Waals surface area contributed by atoms with E-state index in [0.29, 0.717) is 33.3 Å². The third-order valence-corrected chi connectivity index (χ3v) is 4.01. The smallest absolute Gasteiger partial charge is 0.250 e. The Kier molecular flexibility index (Phi) is 4.27. The maximum Gasteiger partial charge on any atom is 0.250 e. The summed E-state index contributed by atoms with van der Waals surface area (Å²) in [7, 11) is 0. The number of halogens is 1. The van der Waals surface area contributed by atoms with E-state index in [1.165, 1.54) is 0 Å². The maximum atomic E-state index is 13.4. The van der Waals surface area contributed by atoms with Gasteiger partial charge in [0.15, 0.2) is 0 Å². The van der Waals surface area contributed by atoms with Gasteiger partial charge in [0, 0.05) is 22.6 Å². The van der Waals surface area contributed by atoms with Crippen LogP contribution in [0.5, 0.6) is 0 Å². The lowest BCUT2D eigenvalue weighted by Gasteiger charge is -2.18. The topological polar surface area (TPSA) is 82.0 Å². The summed E-state index contributed by atoms with van der Waals surface area (Å²) in [6, 6.07) is 14.0. The molecule has 3 aromatic rings. The molecule has 0 bridgehead atoms. The fourth-order valence-electron chi connectivity index (χ4n) is 2.95. The second-order valence-electron chi connectivity index (χ2n) is 5.71. The van der Waals surface area contributed by atoms with Crippen LogP contribution in [0.1, 0.15) is 34.6 Å². The van der Waals surface area contributed by atoms with E-state index in [-0.39, 0.29) is 0 Å². The van der Waals surface area contributed by atoms with Gasteiger partial charge in [0.05, 0.1) is 16.8 Å². The Labute approximate surface area is 139 Å². The van der Waals surface area contributed by atoms with Crippen LogP contribution in [0.2, 0.25) is 0 Å². The van der Waals surface area contributed by atoms with Crippen LogP contribution in [0.4, 0.5) is 4.39 Å². The summed E-state index contributed by atoms with van der Waals surface area (Å²) in [4.78, 5) is 16.8. The molecule has 1 unspecified atom stereocenters. The van der Waals surface area contributed by atoms with Crippen LogP contribution in [0, 0.1) is 0 Å². The highest BCUT2D eigenvalue weighted by Crippen LogP contribution is 2.35. The van der Waals surface area contributed by atoms with Crippen LogP contribution in [0.15, 0.2) is 48.5 Å². The van der Waals surface area contributed by atoms with Gasteiger partial charge in [0.1, 0.15) is 6.67 Å². The Balaban J connectivity index is 2.51. The number of amides is 1. The molecule has 0 spiro atoms. The lowest BCUT2D eigenvalue weighted by atomic mass is 9.91. The third-order valence-electron chi connectivity index (χ3n) is 4.01. The fraction of sp³-hybridized carbons (Fsp3) is 0.158. The Morgan fingerprint density at radius 1 is 1.17 bits per heavy atom. The predicted molar refractivity (Wildman–Crippen MR) is 93.1 cm³/mol. The van der Waals surface area contributed by atoms with Gasteiger partial charge < -0.3 is 11.5 Å². The molecule has 0 aliphatic heterocycles. The summed E-state index contributed by atoms with van der Waals surface area (Å²) >= 11 is 0. The fourth-order valence-corrected chi connectivity index (χ4v) is 2.95. The van der Waals surface area contributed by atoms with Gasteiger partial charge in [0.2, 0.25) is 5.91 Å². The van der Waals surface area contributed by atoms with Crippen molar-refractivity contribution in [2.45, 2.75) is 19.6 Å². The number of nitrogens with zero attached hydrogens (tertiary/aromatic N) is 1. The van der Waals surface area contributed by atoms with Crippen molar-refractivity contribution in [3.05, 3.63) is 65.4 Å². The molecule has 0 saturated heterocycles. The molecule has 0 aliphatic carbocycles. The molecule has 5 heteroatoms. The van der Waals surface area contributed by atoms with E-state index in [1.807, 2.05) is 30.3 Å². The van der Waals surface area contributed by atoms with E-state index in [0.717, 1.165) is 5.56 Å². The molecule has 0 radical (unpaired) electrons. The lowest BCUT2D eigenvalue weighted by molar-refractivity contribution is 0.100. The van der Waals surface area contributed by atoms with E-state index in [9.17, 15) is 9.18 Å². The summed E-state index contributed by atoms with van der Waals surface area (Å²) < 4.78 is 13.4. The summed E-state index contributed by atoms with van der Waals surface area (Å²) in [5.74, 6) is -0.584. The Morgan fingerprint density at radius 3 is 2.46 bits per heavy atom. The number of carbonyl (C=O) groups excluding carboxylic acids is 1. The first kappa shape index (κ1) is 16.1. The maximum absolute atomic E-state index is 13.4. The standard InChI is InChI=1S/C19H18FN3O/c1-11(21)17-15(12-6-3-2-4-7-12)16(19(22)24)14-9-5-8-13(10-20)18(14)23-17/h2-9,11H,10,21H2,1H3,(H2,22,24). The first-order valence-electron chi connectivity index (χ1n) is 7.66. The molecule has 1 heterocycles. The summed E-state index contributed by atoms with van der Waals surface area (Å²) in [5.41, 5.74) is 14.9. The highest BCUT2D eigenvalue weighted by atomic mass is 19.1. The Morgan fingerprint density at radius 2 is 1.88 bits per heavy atom. The van der Waals surface area contributed by atoms with Gasteiger partial charge in [-0.25, -0.2) is 4.39 Å². The molecule has 1 amide bonds. The van der Waals surface area contributed by atoms with E-state index in [1.54, 1.807) is 25.1 Å². The van der Waals surface area contributed by atoms with Crippen LogP contribution in [0.25, 0.3) is 22.0 Å². The van der Waals surface area contributed by atoms with Gasteiger partial charge in [-0.15, -0.1) is 0 Å². The van der Waals surface area contributed by atoms with Crippen molar-refractivity contribution in [3.63, 3.8) is 0 Å². The predicted octanol–water partition coefficient (Wildman–Crippen LogP) is 3.49. The van der Waals surface area contributed by atoms with Gasteiger partial charge in [-0.05, 0) is 12.5 Å². The van der Waals surface area contributed by atoms with E-state index >= 15 is 0 Å². The number of fused-ring (bicyclic) bond motifs is 1. The molecule has 0 saturated carbocycles. The molecule has 1 atom stereocenters. The van der Waals surface area contributed by atoms with Gasteiger partial charge in [0.25, 0.3) is 0 Å². The zero-order valence-electron chi connectivity index (χ0n) is 13.3. The monoisotopic (exact) mass is 323 g/mol. The van der Waals surface area contributed by atoms with Crippen LogP contribution in [-0.4, -0.2) is 10.9 Å². The number of hydrogen-bond donors (Lipinski definition) is 2. The number of benzene rings is 2. The molecule has 3 rings (SSSR count). The highest BCUT2D eigenvalue weighted by molar-refractivity contribution is 6.12. The van der Waals surface area contributed by atoms with Crippen molar-refractivity contribution < 1.29 is 9.18 Å². The molecule has 0 aliphatic rings. The van der Waals surface area contributed by atoms with Crippen molar-refractivity contribution in [2.24, 2.45) is 11.5 Å². The minimum absolute atomic E-state index is 0.328. The van der Waals surface area contributed by atoms with Crippen molar-refractivity contribution >= 4 is 16.8 Å². The van der Waals surface area contributed by atoms with Crippen molar-refractivity contribution in [3.8, 4) is 11.1 Å². The third kappa shape index (κ3) is 2.63. The number of primary amides is 1.